The number of rotatable bonds is 12. The van der Waals surface area contributed by atoms with Crippen LogP contribution in [0.5, 0.6) is 0 Å². The molecule has 0 aliphatic heterocycles. The average molecular weight is 460 g/mol. The lowest BCUT2D eigenvalue weighted by Gasteiger charge is -2.33. The first-order valence-corrected chi connectivity index (χ1v) is 12.0. The summed E-state index contributed by atoms with van der Waals surface area (Å²) < 4.78 is 46.5. The number of ether oxygens (including phenoxy) is 1. The van der Waals surface area contributed by atoms with Gasteiger partial charge >= 0.3 is 0 Å². The second kappa shape index (κ2) is 11.3. The first kappa shape index (κ1) is 24.8. The third kappa shape index (κ3) is 6.53. The molecule has 0 bridgehead atoms. The standard InChI is InChI=1S/C20H30FN3O4S2/c1-15(19(28-4)12-23(3)13-20-22-9-10-29-20)11-24(16(2)14-25)30(26,27)18-7-5-17(21)6-8-18/h5-10,15-16,19,25H,11-14H2,1-4H3/t15-,16+,19+/m1/s1. The monoisotopic (exact) mass is 459 g/mol. The van der Waals surface area contributed by atoms with Crippen LogP contribution in [0.4, 0.5) is 4.39 Å². The normalized spacial score (nSPS) is 15.5. The van der Waals surface area contributed by atoms with Gasteiger partial charge in [-0.2, -0.15) is 4.31 Å². The van der Waals surface area contributed by atoms with E-state index in [0.29, 0.717) is 13.1 Å². The maximum atomic E-state index is 13.2. The molecular formula is C20H30FN3O4S2. The predicted octanol–water partition coefficient (Wildman–Crippen LogP) is 2.44. The van der Waals surface area contributed by atoms with Crippen molar-refractivity contribution in [3.05, 3.63) is 46.7 Å². The molecular weight excluding hydrogens is 429 g/mol. The van der Waals surface area contributed by atoms with E-state index in [4.69, 9.17) is 4.74 Å². The van der Waals surface area contributed by atoms with E-state index in [2.05, 4.69) is 9.88 Å². The molecule has 2 aromatic rings. The van der Waals surface area contributed by atoms with Crippen molar-refractivity contribution in [1.29, 1.82) is 0 Å². The topological polar surface area (TPSA) is 83.0 Å². The van der Waals surface area contributed by atoms with Gasteiger partial charge in [0.1, 0.15) is 10.8 Å². The van der Waals surface area contributed by atoms with Gasteiger partial charge in [0, 0.05) is 37.8 Å². The molecule has 168 valence electrons. The molecule has 1 aromatic heterocycles. The van der Waals surface area contributed by atoms with Crippen LogP contribution in [0.2, 0.25) is 0 Å². The van der Waals surface area contributed by atoms with Gasteiger partial charge in [0.2, 0.25) is 10.0 Å². The van der Waals surface area contributed by atoms with E-state index in [1.54, 1.807) is 31.6 Å². The van der Waals surface area contributed by atoms with Crippen LogP contribution in [-0.4, -0.2) is 73.7 Å². The van der Waals surface area contributed by atoms with Crippen molar-refractivity contribution in [3.63, 3.8) is 0 Å². The first-order chi connectivity index (χ1) is 14.2. The molecule has 7 nitrogen and oxygen atoms in total. The summed E-state index contributed by atoms with van der Waals surface area (Å²) in [6.07, 6.45) is 1.53. The van der Waals surface area contributed by atoms with Crippen LogP contribution in [0.25, 0.3) is 0 Å². The molecule has 0 aliphatic carbocycles. The molecule has 1 N–H and O–H groups in total. The lowest BCUT2D eigenvalue weighted by molar-refractivity contribution is 0.0221. The predicted molar refractivity (Wildman–Crippen MR) is 115 cm³/mol. The molecule has 0 unspecified atom stereocenters. The SMILES string of the molecule is CO[C@@H](CN(C)Cc1nccs1)[C@H](C)CN([C@@H](C)CO)S(=O)(=O)c1ccc(F)cc1. The third-order valence-electron chi connectivity index (χ3n) is 4.96. The molecule has 0 radical (unpaired) electrons. The van der Waals surface area contributed by atoms with Crippen molar-refractivity contribution in [2.75, 3.05) is 33.9 Å². The zero-order valence-corrected chi connectivity index (χ0v) is 19.4. The number of hydrogen-bond donors (Lipinski definition) is 1. The fourth-order valence-corrected chi connectivity index (χ4v) is 5.59. The highest BCUT2D eigenvalue weighted by Gasteiger charge is 2.32. The van der Waals surface area contributed by atoms with E-state index in [1.165, 1.54) is 16.4 Å². The summed E-state index contributed by atoms with van der Waals surface area (Å²) in [6, 6.07) is 4.07. The zero-order chi connectivity index (χ0) is 22.3. The first-order valence-electron chi connectivity index (χ1n) is 9.67. The molecule has 0 saturated heterocycles. The molecule has 0 amide bonds. The molecule has 0 spiro atoms. The van der Waals surface area contributed by atoms with Gasteiger partial charge in [-0.15, -0.1) is 11.3 Å². The number of aliphatic hydroxyl groups excluding tert-OH is 1. The van der Waals surface area contributed by atoms with Gasteiger partial charge in [-0.3, -0.25) is 4.90 Å². The average Bonchev–Trinajstić information content (AvgIpc) is 3.22. The largest absolute Gasteiger partial charge is 0.395 e. The highest BCUT2D eigenvalue weighted by Crippen LogP contribution is 2.22. The Morgan fingerprint density at radius 3 is 2.43 bits per heavy atom. The number of likely N-dealkylation sites (N-methyl/N-ethyl adjacent to an activating group) is 1. The van der Waals surface area contributed by atoms with E-state index < -0.39 is 21.9 Å². The molecule has 0 saturated carbocycles. The molecule has 1 aromatic carbocycles. The number of halogens is 1. The number of benzene rings is 1. The summed E-state index contributed by atoms with van der Waals surface area (Å²) in [4.78, 5) is 6.36. The van der Waals surface area contributed by atoms with Crippen LogP contribution in [0.3, 0.4) is 0 Å². The van der Waals surface area contributed by atoms with E-state index in [1.807, 2.05) is 19.4 Å². The van der Waals surface area contributed by atoms with Crippen LogP contribution in [-0.2, 0) is 21.3 Å². The van der Waals surface area contributed by atoms with E-state index >= 15 is 0 Å². The van der Waals surface area contributed by atoms with Crippen molar-refractivity contribution < 1.29 is 22.7 Å². The molecule has 3 atom stereocenters. The Morgan fingerprint density at radius 2 is 1.90 bits per heavy atom. The number of hydrogen-bond acceptors (Lipinski definition) is 7. The van der Waals surface area contributed by atoms with Crippen molar-refractivity contribution in [2.24, 2.45) is 5.92 Å². The summed E-state index contributed by atoms with van der Waals surface area (Å²) in [6.45, 7) is 4.66. The Hall–Kier alpha value is -1.43. The maximum absolute atomic E-state index is 13.2. The minimum absolute atomic E-state index is 0.00810. The van der Waals surface area contributed by atoms with Gasteiger partial charge in [-0.05, 0) is 44.2 Å². The number of nitrogens with zero attached hydrogens (tertiary/aromatic N) is 3. The van der Waals surface area contributed by atoms with Gasteiger partial charge in [-0.25, -0.2) is 17.8 Å². The maximum Gasteiger partial charge on any atom is 0.243 e. The lowest BCUT2D eigenvalue weighted by Crippen LogP contribution is -2.46. The summed E-state index contributed by atoms with van der Waals surface area (Å²) >= 11 is 1.58. The number of aromatic nitrogens is 1. The molecule has 0 aliphatic rings. The summed E-state index contributed by atoms with van der Waals surface area (Å²) in [5, 5.41) is 12.6. The molecule has 1 heterocycles. The van der Waals surface area contributed by atoms with E-state index in [9.17, 15) is 17.9 Å². The van der Waals surface area contributed by atoms with Crippen LogP contribution in [0, 0.1) is 11.7 Å². The van der Waals surface area contributed by atoms with Crippen LogP contribution < -0.4 is 0 Å². The fraction of sp³-hybridized carbons (Fsp3) is 0.550. The van der Waals surface area contributed by atoms with Crippen molar-refractivity contribution in [1.82, 2.24) is 14.2 Å². The third-order valence-corrected chi connectivity index (χ3v) is 7.72. The Kier molecular flexibility index (Phi) is 9.32. The fourth-order valence-electron chi connectivity index (χ4n) is 3.17. The quantitative estimate of drug-likeness (QED) is 0.525. The Bertz CT molecular complexity index is 863. The van der Waals surface area contributed by atoms with Gasteiger partial charge in [0.25, 0.3) is 0 Å². The van der Waals surface area contributed by atoms with E-state index in [-0.39, 0.29) is 30.1 Å². The van der Waals surface area contributed by atoms with Crippen molar-refractivity contribution in [2.45, 2.75) is 37.4 Å². The second-order valence-electron chi connectivity index (χ2n) is 7.43. The van der Waals surface area contributed by atoms with Crippen LogP contribution in [0.1, 0.15) is 18.9 Å². The van der Waals surface area contributed by atoms with E-state index in [0.717, 1.165) is 17.1 Å². The lowest BCUT2D eigenvalue weighted by atomic mass is 10.0. The molecule has 0 fully saturated rings. The zero-order valence-electron chi connectivity index (χ0n) is 17.7. The summed E-state index contributed by atoms with van der Waals surface area (Å²) in [5.41, 5.74) is 0. The minimum Gasteiger partial charge on any atom is -0.395 e. The van der Waals surface area contributed by atoms with Gasteiger partial charge in [0.05, 0.1) is 24.2 Å². The van der Waals surface area contributed by atoms with Crippen molar-refractivity contribution >= 4 is 21.4 Å². The summed E-state index contributed by atoms with van der Waals surface area (Å²) in [7, 11) is -0.341. The van der Waals surface area contributed by atoms with Crippen LogP contribution in [0.15, 0.2) is 40.7 Å². The Balaban J connectivity index is 2.14. The molecule has 10 heteroatoms. The second-order valence-corrected chi connectivity index (χ2v) is 10.3. The van der Waals surface area contributed by atoms with Gasteiger partial charge < -0.3 is 9.84 Å². The van der Waals surface area contributed by atoms with Gasteiger partial charge in [-0.1, -0.05) is 6.92 Å². The van der Waals surface area contributed by atoms with Crippen LogP contribution >= 0.6 is 11.3 Å². The molecule has 30 heavy (non-hydrogen) atoms. The number of thiazole rings is 1. The van der Waals surface area contributed by atoms with Gasteiger partial charge in [0.15, 0.2) is 0 Å². The number of sulfonamides is 1. The number of aliphatic hydroxyl groups is 1. The minimum atomic E-state index is -3.91. The summed E-state index contributed by atoms with van der Waals surface area (Å²) in [5.74, 6) is -0.662. The molecule has 2 rings (SSSR count). The highest BCUT2D eigenvalue weighted by atomic mass is 32.2. The Morgan fingerprint density at radius 1 is 1.23 bits per heavy atom. The smallest absolute Gasteiger partial charge is 0.243 e. The highest BCUT2D eigenvalue weighted by molar-refractivity contribution is 7.89. The number of methoxy groups -OCH3 is 1. The Labute approximate surface area is 182 Å². The van der Waals surface area contributed by atoms with Crippen molar-refractivity contribution in [3.8, 4) is 0 Å².